The van der Waals surface area contributed by atoms with Gasteiger partial charge in [0.05, 0.1) is 4.90 Å². The van der Waals surface area contributed by atoms with Crippen LogP contribution in [0.3, 0.4) is 0 Å². The minimum absolute atomic E-state index is 0.0373. The van der Waals surface area contributed by atoms with E-state index in [2.05, 4.69) is 5.32 Å². The van der Waals surface area contributed by atoms with Crippen molar-refractivity contribution in [3.05, 3.63) is 24.3 Å². The van der Waals surface area contributed by atoms with Gasteiger partial charge < -0.3 is 5.32 Å². The molecule has 0 heterocycles. The third kappa shape index (κ3) is 2.70. The van der Waals surface area contributed by atoms with Crippen LogP contribution in [0.2, 0.25) is 0 Å². The SMILES string of the molecule is CC1(Nc2ccc(S(=O)(=O)C(F)(F)F)cc2)CCC1. The van der Waals surface area contributed by atoms with Crippen LogP contribution in [0, 0.1) is 0 Å². The van der Waals surface area contributed by atoms with E-state index < -0.39 is 20.2 Å². The van der Waals surface area contributed by atoms with Gasteiger partial charge in [-0.1, -0.05) is 0 Å². The van der Waals surface area contributed by atoms with Gasteiger partial charge in [0, 0.05) is 11.2 Å². The highest BCUT2D eigenvalue weighted by atomic mass is 32.2. The second-order valence-electron chi connectivity index (χ2n) is 5.01. The van der Waals surface area contributed by atoms with Crippen molar-refractivity contribution in [3.8, 4) is 0 Å². The molecule has 0 bridgehead atoms. The lowest BCUT2D eigenvalue weighted by Gasteiger charge is -2.40. The number of hydrogen-bond donors (Lipinski definition) is 1. The zero-order valence-corrected chi connectivity index (χ0v) is 11.1. The van der Waals surface area contributed by atoms with E-state index in [4.69, 9.17) is 0 Å². The Morgan fingerprint density at radius 2 is 1.68 bits per heavy atom. The van der Waals surface area contributed by atoms with Crippen molar-refractivity contribution in [2.75, 3.05) is 5.32 Å². The Bertz CT molecular complexity index is 560. The van der Waals surface area contributed by atoms with Crippen LogP contribution in [0.15, 0.2) is 29.2 Å². The van der Waals surface area contributed by atoms with E-state index in [1.165, 1.54) is 12.1 Å². The molecule has 3 nitrogen and oxygen atoms in total. The first-order valence-corrected chi connectivity index (χ1v) is 7.32. The van der Waals surface area contributed by atoms with Crippen LogP contribution < -0.4 is 5.32 Å². The summed E-state index contributed by atoms with van der Waals surface area (Å²) in [6.07, 6.45) is 3.11. The highest BCUT2D eigenvalue weighted by Gasteiger charge is 2.46. The molecule has 1 saturated carbocycles. The molecule has 1 aliphatic carbocycles. The highest BCUT2D eigenvalue weighted by Crippen LogP contribution is 2.35. The van der Waals surface area contributed by atoms with Gasteiger partial charge in [-0.3, -0.25) is 0 Å². The zero-order chi connectivity index (χ0) is 14.3. The van der Waals surface area contributed by atoms with Crippen LogP contribution >= 0.6 is 0 Å². The molecule has 1 aliphatic rings. The van der Waals surface area contributed by atoms with Crippen molar-refractivity contribution in [2.24, 2.45) is 0 Å². The van der Waals surface area contributed by atoms with Gasteiger partial charge >= 0.3 is 5.51 Å². The standard InChI is InChI=1S/C12H14F3NO2S/c1-11(7-2-8-11)16-9-3-5-10(6-4-9)19(17,18)12(13,14)15/h3-6,16H,2,7-8H2,1H3. The predicted molar refractivity (Wildman–Crippen MR) is 65.6 cm³/mol. The number of nitrogens with one attached hydrogen (secondary N) is 1. The van der Waals surface area contributed by atoms with Crippen molar-refractivity contribution >= 4 is 15.5 Å². The van der Waals surface area contributed by atoms with E-state index in [0.29, 0.717) is 5.69 Å². The van der Waals surface area contributed by atoms with Crippen molar-refractivity contribution in [1.82, 2.24) is 0 Å². The molecule has 1 fully saturated rings. The summed E-state index contributed by atoms with van der Waals surface area (Å²) in [5, 5.41) is 3.20. The fourth-order valence-corrected chi connectivity index (χ4v) is 2.79. The third-order valence-corrected chi connectivity index (χ3v) is 4.87. The van der Waals surface area contributed by atoms with Gasteiger partial charge in [0.2, 0.25) is 0 Å². The molecule has 0 aromatic heterocycles. The van der Waals surface area contributed by atoms with Crippen LogP contribution in [-0.4, -0.2) is 19.5 Å². The molecule has 1 N–H and O–H groups in total. The van der Waals surface area contributed by atoms with E-state index in [-0.39, 0.29) is 5.54 Å². The lowest BCUT2D eigenvalue weighted by molar-refractivity contribution is -0.0436. The summed E-state index contributed by atoms with van der Waals surface area (Å²) in [6.45, 7) is 2.02. The number of sulfone groups is 1. The summed E-state index contributed by atoms with van der Waals surface area (Å²) < 4.78 is 59.4. The number of rotatable bonds is 3. The molecule has 0 spiro atoms. The van der Waals surface area contributed by atoms with E-state index >= 15 is 0 Å². The molecule has 0 radical (unpaired) electrons. The average molecular weight is 293 g/mol. The minimum Gasteiger partial charge on any atom is -0.380 e. The van der Waals surface area contributed by atoms with Crippen LogP contribution in [0.1, 0.15) is 26.2 Å². The summed E-state index contributed by atoms with van der Waals surface area (Å²) in [7, 11) is -5.26. The molecule has 7 heteroatoms. The summed E-state index contributed by atoms with van der Waals surface area (Å²) in [6, 6.07) is 4.69. The Labute approximate surface area is 109 Å². The van der Waals surface area contributed by atoms with Gasteiger partial charge in [-0.25, -0.2) is 8.42 Å². The normalized spacial score (nSPS) is 18.7. The second-order valence-corrected chi connectivity index (χ2v) is 6.95. The second kappa shape index (κ2) is 4.40. The van der Waals surface area contributed by atoms with Gasteiger partial charge in [-0.2, -0.15) is 13.2 Å². The van der Waals surface area contributed by atoms with E-state index in [9.17, 15) is 21.6 Å². The molecule has 0 atom stereocenters. The number of hydrogen-bond acceptors (Lipinski definition) is 3. The summed E-state index contributed by atoms with van der Waals surface area (Å²) in [4.78, 5) is -0.732. The van der Waals surface area contributed by atoms with Gasteiger partial charge in [-0.05, 0) is 50.5 Å². The fraction of sp³-hybridized carbons (Fsp3) is 0.500. The molecule has 0 saturated heterocycles. The van der Waals surface area contributed by atoms with Crippen LogP contribution in [0.25, 0.3) is 0 Å². The number of halogens is 3. The Morgan fingerprint density at radius 3 is 2.05 bits per heavy atom. The van der Waals surface area contributed by atoms with Crippen LogP contribution in [0.4, 0.5) is 18.9 Å². The first kappa shape index (κ1) is 14.2. The largest absolute Gasteiger partial charge is 0.501 e. The van der Waals surface area contributed by atoms with Crippen molar-refractivity contribution < 1.29 is 21.6 Å². The lowest BCUT2D eigenvalue weighted by Crippen LogP contribution is -2.41. The Morgan fingerprint density at radius 1 is 1.16 bits per heavy atom. The van der Waals surface area contributed by atoms with E-state index in [1.54, 1.807) is 0 Å². The number of anilines is 1. The summed E-state index contributed by atoms with van der Waals surface area (Å²) in [5.41, 5.74) is -4.67. The quantitative estimate of drug-likeness (QED) is 0.929. The Balaban J connectivity index is 2.19. The smallest absolute Gasteiger partial charge is 0.380 e. The Hall–Kier alpha value is -1.24. The molecule has 0 amide bonds. The van der Waals surface area contributed by atoms with Crippen molar-refractivity contribution in [1.29, 1.82) is 0 Å². The van der Waals surface area contributed by atoms with E-state index in [0.717, 1.165) is 31.4 Å². The molecular formula is C12H14F3NO2S. The molecule has 0 aliphatic heterocycles. The molecular weight excluding hydrogens is 279 g/mol. The first-order valence-electron chi connectivity index (χ1n) is 5.84. The Kier molecular flexibility index (Phi) is 3.28. The third-order valence-electron chi connectivity index (χ3n) is 3.37. The molecule has 1 aromatic carbocycles. The van der Waals surface area contributed by atoms with E-state index in [1.807, 2.05) is 6.92 Å². The predicted octanol–water partition coefficient (Wildman–Crippen LogP) is 3.33. The maximum atomic E-state index is 12.4. The van der Waals surface area contributed by atoms with Crippen molar-refractivity contribution in [3.63, 3.8) is 0 Å². The average Bonchev–Trinajstić information content (AvgIpc) is 2.26. The highest BCUT2D eigenvalue weighted by molar-refractivity contribution is 7.92. The summed E-state index contributed by atoms with van der Waals surface area (Å²) >= 11 is 0. The number of alkyl halides is 3. The topological polar surface area (TPSA) is 46.2 Å². The zero-order valence-electron chi connectivity index (χ0n) is 10.3. The van der Waals surface area contributed by atoms with Gasteiger partial charge in [-0.15, -0.1) is 0 Å². The van der Waals surface area contributed by atoms with Gasteiger partial charge in [0.1, 0.15) is 0 Å². The maximum absolute atomic E-state index is 12.4. The molecule has 1 aromatic rings. The molecule has 0 unspecified atom stereocenters. The van der Waals surface area contributed by atoms with Gasteiger partial charge in [0.15, 0.2) is 0 Å². The number of benzene rings is 1. The monoisotopic (exact) mass is 293 g/mol. The fourth-order valence-electron chi connectivity index (χ4n) is 2.03. The molecule has 106 valence electrons. The van der Waals surface area contributed by atoms with Gasteiger partial charge in [0.25, 0.3) is 9.84 Å². The minimum atomic E-state index is -5.26. The first-order chi connectivity index (χ1) is 8.64. The van der Waals surface area contributed by atoms with Crippen molar-refractivity contribution in [2.45, 2.75) is 42.1 Å². The maximum Gasteiger partial charge on any atom is 0.501 e. The van der Waals surface area contributed by atoms with Crippen LogP contribution in [-0.2, 0) is 9.84 Å². The molecule has 19 heavy (non-hydrogen) atoms. The lowest BCUT2D eigenvalue weighted by atomic mass is 9.78. The van der Waals surface area contributed by atoms with Crippen LogP contribution in [0.5, 0.6) is 0 Å². The molecule has 2 rings (SSSR count). The summed E-state index contributed by atoms with van der Waals surface area (Å²) in [5.74, 6) is 0.